The summed E-state index contributed by atoms with van der Waals surface area (Å²) in [6, 6.07) is 4.44. The maximum Gasteiger partial charge on any atom is 0.194 e. The quantitative estimate of drug-likeness (QED) is 0.188. The molecule has 0 radical (unpaired) electrons. The molecule has 2 aliphatic rings. The largest absolute Gasteiger partial charge is 0.507 e. The van der Waals surface area contributed by atoms with Crippen molar-refractivity contribution in [2.45, 2.75) is 39.5 Å². The number of nitrogens with one attached hydrogen (secondary N) is 1. The summed E-state index contributed by atoms with van der Waals surface area (Å²) < 4.78 is 5.74. The number of ketones is 3. The van der Waals surface area contributed by atoms with Crippen molar-refractivity contribution in [2.24, 2.45) is 0 Å². The van der Waals surface area contributed by atoms with E-state index < -0.39 is 28.5 Å². The van der Waals surface area contributed by atoms with E-state index in [0.717, 1.165) is 11.6 Å². The monoisotopic (exact) mass is 479 g/mol. The molecule has 1 atom stereocenters. The number of hydrogen-bond donors (Lipinski definition) is 5. The summed E-state index contributed by atoms with van der Waals surface area (Å²) in [5.41, 5.74) is -0.739. The Hall–Kier alpha value is -4.27. The van der Waals surface area contributed by atoms with Gasteiger partial charge in [-0.1, -0.05) is 6.07 Å². The van der Waals surface area contributed by atoms with E-state index in [1.165, 1.54) is 32.9 Å². The minimum absolute atomic E-state index is 0.0265. The van der Waals surface area contributed by atoms with Gasteiger partial charge in [-0.2, -0.15) is 0 Å². The summed E-state index contributed by atoms with van der Waals surface area (Å²) in [6.07, 6.45) is 1.60. The highest BCUT2D eigenvalue weighted by Gasteiger charge is 2.56. The van der Waals surface area contributed by atoms with Gasteiger partial charge in [0.1, 0.15) is 34.0 Å². The smallest absolute Gasteiger partial charge is 0.194 e. The van der Waals surface area contributed by atoms with Crippen LogP contribution in [0.4, 0.5) is 0 Å². The molecule has 2 aromatic rings. The second-order valence-corrected chi connectivity index (χ2v) is 8.89. The van der Waals surface area contributed by atoms with Gasteiger partial charge in [-0.15, -0.1) is 0 Å². The number of hydrogen-bond acceptors (Lipinski definition) is 9. The molecule has 0 saturated carbocycles. The number of ether oxygens (including phenoxy) is 1. The summed E-state index contributed by atoms with van der Waals surface area (Å²) in [4.78, 5) is 38.9. The number of aromatic hydroxyl groups is 4. The van der Waals surface area contributed by atoms with Crippen LogP contribution in [0.2, 0.25) is 0 Å². The topological polar surface area (TPSA) is 153 Å². The molecular weight excluding hydrogens is 454 g/mol. The standard InChI is InChI=1S/C26H25NO8/c1-11-22(32)20(13(3)28)24-21(23(11)33)26(4)18(35-24)10-17(31)19(25(26)34)12(2)27-8-7-14-5-6-15(29)16(30)9-14/h5-6,9-10,27,29-30,32-33H,7-8H2,1-4H3/b19-12+/t26-/m1/s1. The molecule has 0 bridgehead atoms. The number of carbonyl (C=O) groups excluding carboxylic acids is 3. The molecule has 0 fully saturated rings. The van der Waals surface area contributed by atoms with Crippen LogP contribution < -0.4 is 10.1 Å². The molecule has 9 nitrogen and oxygen atoms in total. The summed E-state index contributed by atoms with van der Waals surface area (Å²) in [6.45, 7) is 6.07. The van der Waals surface area contributed by atoms with Gasteiger partial charge in [0.25, 0.3) is 0 Å². The van der Waals surface area contributed by atoms with Crippen LogP contribution in [0.5, 0.6) is 28.7 Å². The zero-order valence-corrected chi connectivity index (χ0v) is 19.6. The minimum Gasteiger partial charge on any atom is -0.507 e. The summed E-state index contributed by atoms with van der Waals surface area (Å²) in [7, 11) is 0. The molecule has 5 N–H and O–H groups in total. The van der Waals surface area contributed by atoms with Crippen LogP contribution in [-0.4, -0.2) is 44.3 Å². The second-order valence-electron chi connectivity index (χ2n) is 8.89. The van der Waals surface area contributed by atoms with Crippen LogP contribution >= 0.6 is 0 Å². The highest BCUT2D eigenvalue weighted by atomic mass is 16.5. The van der Waals surface area contributed by atoms with Crippen LogP contribution in [-0.2, 0) is 21.4 Å². The van der Waals surface area contributed by atoms with Gasteiger partial charge in [-0.05, 0) is 51.8 Å². The molecule has 0 spiro atoms. The van der Waals surface area contributed by atoms with E-state index in [-0.39, 0.29) is 51.0 Å². The average Bonchev–Trinajstić information content (AvgIpc) is 3.07. The fraction of sp³-hybridized carbons (Fsp3) is 0.269. The maximum absolute atomic E-state index is 13.7. The molecule has 0 unspecified atom stereocenters. The van der Waals surface area contributed by atoms with Crippen LogP contribution in [0.1, 0.15) is 47.8 Å². The molecular formula is C26H25NO8. The third-order valence-corrected chi connectivity index (χ3v) is 6.60. The molecule has 1 aliphatic carbocycles. The van der Waals surface area contributed by atoms with Crippen molar-refractivity contribution in [3.63, 3.8) is 0 Å². The second kappa shape index (κ2) is 8.19. The lowest BCUT2D eigenvalue weighted by Gasteiger charge is -2.29. The summed E-state index contributed by atoms with van der Waals surface area (Å²) in [5, 5.41) is 43.4. The molecule has 0 aromatic heterocycles. The van der Waals surface area contributed by atoms with E-state index in [9.17, 15) is 34.8 Å². The summed E-state index contributed by atoms with van der Waals surface area (Å²) in [5.74, 6) is -3.17. The molecule has 2 aromatic carbocycles. The average molecular weight is 479 g/mol. The Bertz CT molecular complexity index is 1380. The van der Waals surface area contributed by atoms with E-state index in [1.54, 1.807) is 13.0 Å². The van der Waals surface area contributed by atoms with Gasteiger partial charge in [-0.25, -0.2) is 0 Å². The van der Waals surface area contributed by atoms with Crippen molar-refractivity contribution in [3.8, 4) is 28.7 Å². The molecule has 35 heavy (non-hydrogen) atoms. The molecule has 182 valence electrons. The number of benzene rings is 2. The third-order valence-electron chi connectivity index (χ3n) is 6.60. The van der Waals surface area contributed by atoms with Crippen molar-refractivity contribution >= 4 is 17.3 Å². The molecule has 1 aliphatic heterocycles. The van der Waals surface area contributed by atoms with Gasteiger partial charge in [-0.3, -0.25) is 14.4 Å². The minimum atomic E-state index is -1.57. The van der Waals surface area contributed by atoms with Gasteiger partial charge < -0.3 is 30.5 Å². The van der Waals surface area contributed by atoms with E-state index in [1.807, 2.05) is 0 Å². The fourth-order valence-corrected chi connectivity index (χ4v) is 4.57. The zero-order chi connectivity index (χ0) is 25.8. The highest BCUT2D eigenvalue weighted by Crippen LogP contribution is 2.57. The van der Waals surface area contributed by atoms with Crippen molar-refractivity contribution in [1.82, 2.24) is 5.32 Å². The predicted molar refractivity (Wildman–Crippen MR) is 125 cm³/mol. The molecule has 4 rings (SSSR count). The first-order valence-corrected chi connectivity index (χ1v) is 10.9. The first-order chi connectivity index (χ1) is 16.4. The number of phenolic OH excluding ortho intramolecular Hbond substituents is 4. The Morgan fingerprint density at radius 2 is 1.74 bits per heavy atom. The zero-order valence-electron chi connectivity index (χ0n) is 19.6. The number of allylic oxidation sites excluding steroid dienone is 4. The van der Waals surface area contributed by atoms with Gasteiger partial charge >= 0.3 is 0 Å². The lowest BCUT2D eigenvalue weighted by Crippen LogP contribution is -2.41. The third kappa shape index (κ3) is 3.51. The number of rotatable bonds is 5. The van der Waals surface area contributed by atoms with E-state index >= 15 is 0 Å². The first kappa shape index (κ1) is 23.9. The lowest BCUT2D eigenvalue weighted by molar-refractivity contribution is -0.123. The SMILES string of the molecule is CC(=O)c1c(O)c(C)c(O)c2c1OC1=CC(=O)/C(=C(/C)NCCc3ccc(O)c(O)c3)C(=O)[C@]12C. The van der Waals surface area contributed by atoms with Crippen LogP contribution in [0, 0.1) is 6.92 Å². The Morgan fingerprint density at radius 1 is 1.06 bits per heavy atom. The normalized spacial score (nSPS) is 20.1. The number of phenols is 4. The Labute approximate surface area is 201 Å². The predicted octanol–water partition coefficient (Wildman–Crippen LogP) is 2.81. The van der Waals surface area contributed by atoms with Crippen LogP contribution in [0.3, 0.4) is 0 Å². The first-order valence-electron chi connectivity index (χ1n) is 10.9. The molecule has 0 saturated heterocycles. The lowest BCUT2D eigenvalue weighted by atomic mass is 9.70. The van der Waals surface area contributed by atoms with E-state index in [2.05, 4.69) is 5.32 Å². The number of carbonyl (C=O) groups is 3. The number of Topliss-reactive ketones (excluding diaryl/α,β-unsaturated/α-hetero) is 2. The van der Waals surface area contributed by atoms with Crippen molar-refractivity contribution in [1.29, 1.82) is 0 Å². The fourth-order valence-electron chi connectivity index (χ4n) is 4.57. The van der Waals surface area contributed by atoms with Gasteiger partial charge in [0, 0.05) is 23.9 Å². The van der Waals surface area contributed by atoms with Crippen LogP contribution in [0.15, 0.2) is 41.3 Å². The summed E-state index contributed by atoms with van der Waals surface area (Å²) >= 11 is 0. The van der Waals surface area contributed by atoms with Crippen molar-refractivity contribution in [2.75, 3.05) is 6.54 Å². The number of fused-ring (bicyclic) bond motifs is 3. The van der Waals surface area contributed by atoms with Crippen LogP contribution in [0.25, 0.3) is 0 Å². The molecule has 9 heteroatoms. The maximum atomic E-state index is 13.7. The van der Waals surface area contributed by atoms with Crippen molar-refractivity contribution < 1.29 is 39.5 Å². The van der Waals surface area contributed by atoms with Gasteiger partial charge in [0.2, 0.25) is 0 Å². The van der Waals surface area contributed by atoms with Crippen molar-refractivity contribution in [3.05, 3.63) is 63.6 Å². The highest BCUT2D eigenvalue weighted by molar-refractivity contribution is 6.31. The van der Waals surface area contributed by atoms with Gasteiger partial charge in [0.05, 0.1) is 11.1 Å². The van der Waals surface area contributed by atoms with E-state index in [0.29, 0.717) is 18.7 Å². The van der Waals surface area contributed by atoms with Gasteiger partial charge in [0.15, 0.2) is 28.8 Å². The van der Waals surface area contributed by atoms with E-state index in [4.69, 9.17) is 4.74 Å². The Kier molecular flexibility index (Phi) is 5.59. The molecule has 1 heterocycles. The Balaban J connectivity index is 1.72. The molecule has 0 amide bonds. The Morgan fingerprint density at radius 3 is 2.37 bits per heavy atom.